The Hall–Kier alpha value is -3.59. The number of carbonyl (C=O) groups is 2. The quantitative estimate of drug-likeness (QED) is 0.311. The predicted octanol–water partition coefficient (Wildman–Crippen LogP) is 4.08. The number of esters is 1. The van der Waals surface area contributed by atoms with Gasteiger partial charge in [-0.1, -0.05) is 12.1 Å². The van der Waals surface area contributed by atoms with E-state index in [0.717, 1.165) is 18.9 Å². The smallest absolute Gasteiger partial charge is 0.343 e. The first kappa shape index (κ1) is 19.7. The lowest BCUT2D eigenvalue weighted by Crippen LogP contribution is -2.08. The summed E-state index contributed by atoms with van der Waals surface area (Å²) in [6.07, 6.45) is 4.60. The van der Waals surface area contributed by atoms with Gasteiger partial charge >= 0.3 is 11.9 Å². The van der Waals surface area contributed by atoms with Crippen LogP contribution in [0.25, 0.3) is 6.08 Å². The van der Waals surface area contributed by atoms with Crippen LogP contribution in [0.2, 0.25) is 0 Å². The van der Waals surface area contributed by atoms with Gasteiger partial charge in [0.2, 0.25) is 0 Å². The number of carboxylic acids is 1. The number of aliphatic carboxylic acids is 1. The molecular weight excluding hydrogens is 346 g/mol. The van der Waals surface area contributed by atoms with Gasteiger partial charge in [-0.05, 0) is 60.9 Å². The first-order chi connectivity index (χ1) is 13.1. The number of rotatable bonds is 9. The molecule has 0 aliphatic heterocycles. The van der Waals surface area contributed by atoms with E-state index < -0.39 is 11.9 Å². The summed E-state index contributed by atoms with van der Waals surface area (Å²) < 4.78 is 10.8. The Kier molecular flexibility index (Phi) is 7.61. The monoisotopic (exact) mass is 365 g/mol. The van der Waals surface area contributed by atoms with Gasteiger partial charge < -0.3 is 14.6 Å². The van der Waals surface area contributed by atoms with Crippen molar-refractivity contribution in [2.45, 2.75) is 19.3 Å². The van der Waals surface area contributed by atoms with E-state index in [-0.39, 0.29) is 0 Å². The van der Waals surface area contributed by atoms with Crippen molar-refractivity contribution >= 4 is 18.0 Å². The Morgan fingerprint density at radius 3 is 2.30 bits per heavy atom. The fourth-order valence-electron chi connectivity index (χ4n) is 2.16. The van der Waals surface area contributed by atoms with Crippen molar-refractivity contribution in [1.82, 2.24) is 0 Å². The molecule has 27 heavy (non-hydrogen) atoms. The van der Waals surface area contributed by atoms with E-state index >= 15 is 0 Å². The lowest BCUT2D eigenvalue weighted by molar-refractivity contribution is -0.131. The lowest BCUT2D eigenvalue weighted by atomic mass is 10.2. The number of hydrogen-bond donors (Lipinski definition) is 1. The van der Waals surface area contributed by atoms with Crippen molar-refractivity contribution in [3.8, 4) is 17.6 Å². The summed E-state index contributed by atoms with van der Waals surface area (Å²) in [7, 11) is 0. The van der Waals surface area contributed by atoms with E-state index in [1.54, 1.807) is 48.5 Å². The van der Waals surface area contributed by atoms with Crippen molar-refractivity contribution in [1.29, 1.82) is 5.26 Å². The second-order valence-corrected chi connectivity index (χ2v) is 5.62. The first-order valence-corrected chi connectivity index (χ1v) is 8.41. The average Bonchev–Trinajstić information content (AvgIpc) is 2.67. The molecular formula is C21H19NO5. The Balaban J connectivity index is 1.86. The molecule has 0 spiro atoms. The Labute approximate surface area is 157 Å². The second-order valence-electron chi connectivity index (χ2n) is 5.62. The van der Waals surface area contributed by atoms with Crippen LogP contribution in [-0.4, -0.2) is 23.7 Å². The fourth-order valence-corrected chi connectivity index (χ4v) is 2.16. The number of nitriles is 1. The minimum atomic E-state index is -1.03. The molecule has 1 N–H and O–H groups in total. The maximum atomic E-state index is 12.2. The summed E-state index contributed by atoms with van der Waals surface area (Å²) in [6, 6.07) is 15.2. The molecule has 2 aromatic carbocycles. The highest BCUT2D eigenvalue weighted by Crippen LogP contribution is 2.17. The van der Waals surface area contributed by atoms with Crippen molar-refractivity contribution in [2.24, 2.45) is 0 Å². The van der Waals surface area contributed by atoms with E-state index in [1.807, 2.05) is 0 Å². The first-order valence-electron chi connectivity index (χ1n) is 8.41. The largest absolute Gasteiger partial charge is 0.494 e. The molecule has 0 aromatic heterocycles. The summed E-state index contributed by atoms with van der Waals surface area (Å²) in [6.45, 7) is 0.522. The summed E-state index contributed by atoms with van der Waals surface area (Å²) in [4.78, 5) is 22.7. The van der Waals surface area contributed by atoms with E-state index in [9.17, 15) is 9.59 Å². The molecule has 6 nitrogen and oxygen atoms in total. The topological polar surface area (TPSA) is 96.6 Å². The van der Waals surface area contributed by atoms with E-state index in [0.29, 0.717) is 35.7 Å². The number of ether oxygens (including phenoxy) is 2. The standard InChI is InChI=1S/C21H19NO5/c22-14-2-1-3-15-26-18-11-7-17(8-12-18)21(25)27-19-9-4-16(5-10-19)6-13-20(23)24/h4-13H,1-3,15H2,(H,23,24)/b13-6+. The summed E-state index contributed by atoms with van der Waals surface area (Å²) >= 11 is 0. The minimum Gasteiger partial charge on any atom is -0.494 e. The van der Waals surface area contributed by atoms with Crippen LogP contribution in [0.4, 0.5) is 0 Å². The van der Waals surface area contributed by atoms with Crippen LogP contribution >= 0.6 is 0 Å². The summed E-state index contributed by atoms with van der Waals surface area (Å²) in [5, 5.41) is 17.1. The van der Waals surface area contributed by atoms with Gasteiger partial charge in [-0.3, -0.25) is 0 Å². The maximum absolute atomic E-state index is 12.2. The number of carbonyl (C=O) groups excluding carboxylic acids is 1. The van der Waals surface area contributed by atoms with Gasteiger partial charge in [0.05, 0.1) is 18.2 Å². The molecule has 0 heterocycles. The minimum absolute atomic E-state index is 0.366. The zero-order valence-corrected chi connectivity index (χ0v) is 14.6. The van der Waals surface area contributed by atoms with Crippen LogP contribution in [0.1, 0.15) is 35.2 Å². The molecule has 0 saturated heterocycles. The fraction of sp³-hybridized carbons (Fsp3) is 0.190. The molecule has 0 aliphatic rings. The second kappa shape index (κ2) is 10.4. The van der Waals surface area contributed by atoms with Crippen molar-refractivity contribution in [2.75, 3.05) is 6.61 Å². The zero-order chi connectivity index (χ0) is 19.5. The third kappa shape index (κ3) is 7.04. The van der Waals surface area contributed by atoms with Gasteiger partial charge in [0.1, 0.15) is 11.5 Å². The highest BCUT2D eigenvalue weighted by molar-refractivity contribution is 5.91. The van der Waals surface area contributed by atoms with Crippen LogP contribution in [0.5, 0.6) is 11.5 Å². The zero-order valence-electron chi connectivity index (χ0n) is 14.6. The molecule has 0 radical (unpaired) electrons. The van der Waals surface area contributed by atoms with Crippen molar-refractivity contribution in [3.05, 3.63) is 65.7 Å². The molecule has 0 unspecified atom stereocenters. The molecule has 2 rings (SSSR count). The molecule has 6 heteroatoms. The maximum Gasteiger partial charge on any atom is 0.343 e. The summed E-state index contributed by atoms with van der Waals surface area (Å²) in [5.74, 6) is -0.507. The molecule has 0 atom stereocenters. The van der Waals surface area contributed by atoms with Gasteiger partial charge in [0.25, 0.3) is 0 Å². The Morgan fingerprint density at radius 1 is 1.00 bits per heavy atom. The molecule has 2 aromatic rings. The van der Waals surface area contributed by atoms with Gasteiger partial charge in [-0.25, -0.2) is 9.59 Å². The number of carboxylic acid groups (broad SMARTS) is 1. The summed E-state index contributed by atoms with van der Waals surface area (Å²) in [5.41, 5.74) is 1.08. The van der Waals surface area contributed by atoms with Crippen LogP contribution in [0.3, 0.4) is 0 Å². The predicted molar refractivity (Wildman–Crippen MR) is 99.5 cm³/mol. The molecule has 0 saturated carbocycles. The van der Waals surface area contributed by atoms with Crippen LogP contribution in [0.15, 0.2) is 54.6 Å². The average molecular weight is 365 g/mol. The van der Waals surface area contributed by atoms with Crippen LogP contribution in [-0.2, 0) is 4.79 Å². The van der Waals surface area contributed by atoms with Gasteiger partial charge in [-0.15, -0.1) is 0 Å². The number of nitrogens with zero attached hydrogens (tertiary/aromatic N) is 1. The highest BCUT2D eigenvalue weighted by Gasteiger charge is 2.08. The third-order valence-corrected chi connectivity index (χ3v) is 3.55. The van der Waals surface area contributed by atoms with Crippen LogP contribution in [0, 0.1) is 11.3 Å². The third-order valence-electron chi connectivity index (χ3n) is 3.55. The van der Waals surface area contributed by atoms with Crippen LogP contribution < -0.4 is 9.47 Å². The number of unbranched alkanes of at least 4 members (excludes halogenated alkanes) is 2. The van der Waals surface area contributed by atoms with Crippen molar-refractivity contribution in [3.63, 3.8) is 0 Å². The van der Waals surface area contributed by atoms with Crippen molar-refractivity contribution < 1.29 is 24.2 Å². The van der Waals surface area contributed by atoms with E-state index in [1.165, 1.54) is 6.08 Å². The highest BCUT2D eigenvalue weighted by atomic mass is 16.5. The van der Waals surface area contributed by atoms with Gasteiger partial charge in [-0.2, -0.15) is 5.26 Å². The molecule has 0 amide bonds. The molecule has 0 aliphatic carbocycles. The van der Waals surface area contributed by atoms with E-state index in [2.05, 4.69) is 6.07 Å². The SMILES string of the molecule is N#CCCCCOc1ccc(C(=O)Oc2ccc(/C=C/C(=O)O)cc2)cc1. The van der Waals surface area contributed by atoms with Gasteiger partial charge in [0.15, 0.2) is 0 Å². The van der Waals surface area contributed by atoms with Gasteiger partial charge in [0, 0.05) is 12.5 Å². The lowest BCUT2D eigenvalue weighted by Gasteiger charge is -2.07. The molecule has 138 valence electrons. The number of benzene rings is 2. The molecule has 0 fully saturated rings. The Bertz CT molecular complexity index is 832. The Morgan fingerprint density at radius 2 is 1.67 bits per heavy atom. The number of hydrogen-bond acceptors (Lipinski definition) is 5. The van der Waals surface area contributed by atoms with E-state index in [4.69, 9.17) is 19.8 Å². The molecule has 0 bridgehead atoms. The normalized spacial score (nSPS) is 10.3.